The summed E-state index contributed by atoms with van der Waals surface area (Å²) in [5.74, 6) is 0.367. The second-order valence-electron chi connectivity index (χ2n) is 7.27. The third-order valence-corrected chi connectivity index (χ3v) is 7.48. The predicted molar refractivity (Wildman–Crippen MR) is 137 cm³/mol. The molecule has 2 aromatic carbocycles. The Kier molecular flexibility index (Phi) is 7.76. The third-order valence-electron chi connectivity index (χ3n) is 4.84. The molecule has 0 fully saturated rings. The Morgan fingerprint density at radius 1 is 1.18 bits per heavy atom. The molecule has 4 rings (SSSR count). The number of ether oxygens (including phenoxy) is 1. The van der Waals surface area contributed by atoms with Crippen LogP contribution in [0.25, 0.3) is 20.3 Å². The number of nitrogens with zero attached hydrogens (tertiary/aromatic N) is 4. The van der Waals surface area contributed by atoms with E-state index in [1.165, 1.54) is 34.8 Å². The van der Waals surface area contributed by atoms with Crippen molar-refractivity contribution in [3.05, 3.63) is 56.4 Å². The Balaban J connectivity index is 0.00000306. The van der Waals surface area contributed by atoms with Gasteiger partial charge in [0, 0.05) is 35.3 Å². The number of likely N-dealkylation sites (N-methyl/N-ethyl adjacent to an activating group) is 1. The molecule has 0 unspecified atom stereocenters. The van der Waals surface area contributed by atoms with E-state index in [1.54, 1.807) is 36.3 Å². The normalized spacial score (nSPS) is 11.1. The lowest BCUT2D eigenvalue weighted by molar-refractivity contribution is -0.384. The number of anilines is 1. The molecule has 8 nitrogen and oxygen atoms in total. The van der Waals surface area contributed by atoms with Crippen LogP contribution >= 0.6 is 46.7 Å². The number of aromatic nitrogens is 1. The first-order chi connectivity index (χ1) is 15.3. The van der Waals surface area contributed by atoms with Crippen LogP contribution in [0, 0.1) is 10.1 Å². The van der Waals surface area contributed by atoms with Gasteiger partial charge in [0.1, 0.15) is 11.3 Å². The average Bonchev–Trinajstić information content (AvgIpc) is 3.38. The van der Waals surface area contributed by atoms with Gasteiger partial charge in [-0.1, -0.05) is 22.9 Å². The first kappa shape index (κ1) is 25.1. The summed E-state index contributed by atoms with van der Waals surface area (Å²) in [6.07, 6.45) is 0. The van der Waals surface area contributed by atoms with Gasteiger partial charge in [0.25, 0.3) is 11.6 Å². The number of hydrogen-bond donors (Lipinski definition) is 0. The van der Waals surface area contributed by atoms with Gasteiger partial charge in [-0.15, -0.1) is 23.7 Å². The predicted octanol–water partition coefficient (Wildman–Crippen LogP) is 5.71. The number of hydrogen-bond acceptors (Lipinski definition) is 8. The summed E-state index contributed by atoms with van der Waals surface area (Å²) in [7, 11) is 5.42. The van der Waals surface area contributed by atoms with Crippen LogP contribution in [0.2, 0.25) is 5.02 Å². The van der Waals surface area contributed by atoms with E-state index in [4.69, 9.17) is 16.3 Å². The van der Waals surface area contributed by atoms with Crippen LogP contribution < -0.4 is 9.64 Å². The molecule has 0 bridgehead atoms. The van der Waals surface area contributed by atoms with E-state index in [-0.39, 0.29) is 24.0 Å². The van der Waals surface area contributed by atoms with Crippen molar-refractivity contribution in [2.24, 2.45) is 0 Å². The molecule has 0 saturated heterocycles. The zero-order chi connectivity index (χ0) is 23.0. The van der Waals surface area contributed by atoms with E-state index < -0.39 is 4.92 Å². The molecule has 33 heavy (non-hydrogen) atoms. The van der Waals surface area contributed by atoms with E-state index in [2.05, 4.69) is 4.98 Å². The van der Waals surface area contributed by atoms with Crippen molar-refractivity contribution in [3.63, 3.8) is 0 Å². The van der Waals surface area contributed by atoms with Crippen LogP contribution in [0.3, 0.4) is 0 Å². The van der Waals surface area contributed by atoms with E-state index in [0.717, 1.165) is 9.40 Å². The van der Waals surface area contributed by atoms with Gasteiger partial charge in [-0.3, -0.25) is 19.8 Å². The van der Waals surface area contributed by atoms with Crippen molar-refractivity contribution in [1.82, 2.24) is 9.88 Å². The van der Waals surface area contributed by atoms with E-state index >= 15 is 0 Å². The molecule has 0 aliphatic heterocycles. The van der Waals surface area contributed by atoms with Gasteiger partial charge in [-0.2, -0.15) is 0 Å². The zero-order valence-electron chi connectivity index (χ0n) is 17.9. The Morgan fingerprint density at radius 2 is 1.94 bits per heavy atom. The number of non-ortho nitro benzene ring substituents is 1. The molecule has 12 heteroatoms. The lowest BCUT2D eigenvalue weighted by Gasteiger charge is -2.21. The van der Waals surface area contributed by atoms with E-state index in [9.17, 15) is 14.9 Å². The van der Waals surface area contributed by atoms with E-state index in [1.807, 2.05) is 19.0 Å². The fourth-order valence-corrected chi connectivity index (χ4v) is 5.46. The SMILES string of the molecule is COc1ccc(Cl)c2sc(N(CCN(C)C)C(=O)c3cc4cc([N+](=O)[O-])ccc4s3)nc12.Cl. The number of halogens is 2. The second-order valence-corrected chi connectivity index (χ2v) is 9.74. The first-order valence-corrected chi connectivity index (χ1v) is 11.6. The molecule has 0 radical (unpaired) electrons. The molecule has 0 aliphatic rings. The van der Waals surface area contributed by atoms with Crippen molar-refractivity contribution < 1.29 is 14.5 Å². The molecule has 0 N–H and O–H groups in total. The highest BCUT2D eigenvalue weighted by atomic mass is 35.5. The summed E-state index contributed by atoms with van der Waals surface area (Å²) in [4.78, 5) is 33.0. The maximum atomic E-state index is 13.5. The van der Waals surface area contributed by atoms with Gasteiger partial charge in [-0.05, 0) is 38.4 Å². The lowest BCUT2D eigenvalue weighted by atomic mass is 10.2. The number of carbonyl (C=O) groups is 1. The Morgan fingerprint density at radius 3 is 2.61 bits per heavy atom. The van der Waals surface area contributed by atoms with Crippen molar-refractivity contribution in [1.29, 1.82) is 0 Å². The smallest absolute Gasteiger partial charge is 0.270 e. The minimum atomic E-state index is -0.444. The van der Waals surface area contributed by atoms with E-state index in [0.29, 0.717) is 44.8 Å². The summed E-state index contributed by atoms with van der Waals surface area (Å²) < 4.78 is 6.96. The number of nitro benzene ring substituents is 1. The van der Waals surface area contributed by atoms with Gasteiger partial charge < -0.3 is 9.64 Å². The number of thiazole rings is 1. The highest BCUT2D eigenvalue weighted by Crippen LogP contribution is 2.39. The third kappa shape index (κ3) is 5.04. The van der Waals surface area contributed by atoms with Crippen molar-refractivity contribution >= 4 is 83.7 Å². The monoisotopic (exact) mass is 526 g/mol. The highest BCUT2D eigenvalue weighted by molar-refractivity contribution is 7.23. The summed E-state index contributed by atoms with van der Waals surface area (Å²) in [5, 5.41) is 12.8. The summed E-state index contributed by atoms with van der Waals surface area (Å²) in [5.41, 5.74) is 0.598. The molecule has 0 atom stereocenters. The highest BCUT2D eigenvalue weighted by Gasteiger charge is 2.25. The number of rotatable bonds is 7. The van der Waals surface area contributed by atoms with Crippen molar-refractivity contribution in [3.8, 4) is 5.75 Å². The van der Waals surface area contributed by atoms with Crippen molar-refractivity contribution in [2.75, 3.05) is 39.2 Å². The molecule has 174 valence electrons. The molecule has 1 amide bonds. The second kappa shape index (κ2) is 10.2. The number of nitro groups is 1. The zero-order valence-corrected chi connectivity index (χ0v) is 21.1. The summed E-state index contributed by atoms with van der Waals surface area (Å²) in [6.45, 7) is 1.04. The summed E-state index contributed by atoms with van der Waals surface area (Å²) in [6, 6.07) is 9.78. The molecular formula is C21H20Cl2N4O4S2. The number of methoxy groups -OCH3 is 1. The van der Waals surface area contributed by atoms with Crippen LogP contribution in [0.5, 0.6) is 5.75 Å². The van der Waals surface area contributed by atoms with Crippen molar-refractivity contribution in [2.45, 2.75) is 0 Å². The quantitative estimate of drug-likeness (QED) is 0.226. The maximum Gasteiger partial charge on any atom is 0.270 e. The average molecular weight is 527 g/mol. The number of thiophene rings is 1. The van der Waals surface area contributed by atoms with Gasteiger partial charge in [0.2, 0.25) is 0 Å². The molecule has 2 aromatic heterocycles. The van der Waals surface area contributed by atoms with Crippen LogP contribution in [0.1, 0.15) is 9.67 Å². The van der Waals surface area contributed by atoms with Crippen LogP contribution in [-0.4, -0.2) is 55.0 Å². The maximum absolute atomic E-state index is 13.5. The molecule has 0 saturated carbocycles. The Bertz CT molecular complexity index is 1340. The van der Waals surface area contributed by atoms with Gasteiger partial charge in [0.15, 0.2) is 5.13 Å². The Hall–Kier alpha value is -2.50. The first-order valence-electron chi connectivity index (χ1n) is 9.56. The molecule has 4 aromatic rings. The molecular weight excluding hydrogens is 507 g/mol. The molecule has 0 spiro atoms. The van der Waals surface area contributed by atoms with Crippen LogP contribution in [-0.2, 0) is 0 Å². The minimum Gasteiger partial charge on any atom is -0.494 e. The number of fused-ring (bicyclic) bond motifs is 2. The van der Waals surface area contributed by atoms with Gasteiger partial charge >= 0.3 is 0 Å². The number of carbonyl (C=O) groups excluding carboxylic acids is 1. The van der Waals surface area contributed by atoms with Gasteiger partial charge in [0.05, 0.1) is 26.6 Å². The topological polar surface area (TPSA) is 88.8 Å². The Labute approximate surface area is 208 Å². The fraction of sp³-hybridized carbons (Fsp3) is 0.238. The fourth-order valence-electron chi connectivity index (χ4n) is 3.19. The summed E-state index contributed by atoms with van der Waals surface area (Å²) >= 11 is 9.00. The van der Waals surface area contributed by atoms with Gasteiger partial charge in [-0.25, -0.2) is 4.98 Å². The standard InChI is InChI=1S/C21H19ClN4O4S2.ClH/c1-24(2)8-9-25(21-23-18-15(30-3)6-5-14(22)19(18)32-21)20(27)17-11-12-10-13(26(28)29)4-7-16(12)31-17;/h4-7,10-11H,8-9H2,1-3H3;1H. The lowest BCUT2D eigenvalue weighted by Crippen LogP contribution is -2.36. The largest absolute Gasteiger partial charge is 0.494 e. The minimum absolute atomic E-state index is 0. The number of benzene rings is 2. The van der Waals surface area contributed by atoms with Crippen LogP contribution in [0.15, 0.2) is 36.4 Å². The molecule has 2 heterocycles. The molecule has 0 aliphatic carbocycles. The van der Waals surface area contributed by atoms with Crippen LogP contribution in [0.4, 0.5) is 10.8 Å². The number of amides is 1.